The molecule has 1 aromatic carbocycles. The van der Waals surface area contributed by atoms with Crippen molar-refractivity contribution in [2.75, 3.05) is 18.0 Å². The molecule has 0 radical (unpaired) electrons. The van der Waals surface area contributed by atoms with E-state index in [0.29, 0.717) is 18.6 Å². The van der Waals surface area contributed by atoms with Gasteiger partial charge in [0.25, 0.3) is 0 Å². The first-order chi connectivity index (χ1) is 17.3. The Bertz CT molecular complexity index is 1030. The number of carboxylic acid groups (broad SMARTS) is 2. The fourth-order valence-electron chi connectivity index (χ4n) is 5.06. The summed E-state index contributed by atoms with van der Waals surface area (Å²) in [6.07, 6.45) is 12.7. The van der Waals surface area contributed by atoms with Gasteiger partial charge in [0.2, 0.25) is 5.91 Å². The third-order valence-electron chi connectivity index (χ3n) is 6.70. The van der Waals surface area contributed by atoms with Crippen LogP contribution >= 0.6 is 0 Å². The number of carbonyl (C=O) groups excluding carboxylic acids is 1. The summed E-state index contributed by atoms with van der Waals surface area (Å²) in [6.45, 7) is 4.28. The Morgan fingerprint density at radius 3 is 2.22 bits per heavy atom. The lowest BCUT2D eigenvalue weighted by Crippen LogP contribution is -2.50. The molecule has 8 heteroatoms. The first kappa shape index (κ1) is 27.1. The van der Waals surface area contributed by atoms with Gasteiger partial charge in [-0.3, -0.25) is 9.78 Å². The molecule has 2 N–H and O–H groups in total. The van der Waals surface area contributed by atoms with Crippen LogP contribution in [0, 0.1) is 6.92 Å². The predicted molar refractivity (Wildman–Crippen MR) is 138 cm³/mol. The SMILES string of the molecule is Cc1cccc(CC(=O)N(c2cccnc2)C2CCN(C3CCCC3)CC2)c1.O=C(O)/C=C/C(=O)O. The van der Waals surface area contributed by atoms with Crippen molar-refractivity contribution in [2.24, 2.45) is 0 Å². The van der Waals surface area contributed by atoms with Gasteiger partial charge in [-0.15, -0.1) is 0 Å². The number of aliphatic carboxylic acids is 2. The predicted octanol–water partition coefficient (Wildman–Crippen LogP) is 4.08. The quantitative estimate of drug-likeness (QED) is 0.559. The molecule has 192 valence electrons. The third-order valence-corrected chi connectivity index (χ3v) is 6.70. The number of rotatable bonds is 7. The summed E-state index contributed by atoms with van der Waals surface area (Å²) in [5.74, 6) is -2.34. The zero-order valence-corrected chi connectivity index (χ0v) is 20.8. The molecule has 2 heterocycles. The molecular formula is C28H35N3O5. The lowest BCUT2D eigenvalue weighted by atomic mass is 9.99. The van der Waals surface area contributed by atoms with Crippen molar-refractivity contribution in [3.8, 4) is 0 Å². The fraction of sp³-hybridized carbons (Fsp3) is 0.429. The van der Waals surface area contributed by atoms with Gasteiger partial charge < -0.3 is 20.0 Å². The van der Waals surface area contributed by atoms with Crippen LogP contribution in [0.4, 0.5) is 5.69 Å². The molecule has 1 aliphatic heterocycles. The summed E-state index contributed by atoms with van der Waals surface area (Å²) in [6, 6.07) is 13.3. The van der Waals surface area contributed by atoms with Crippen molar-refractivity contribution >= 4 is 23.5 Å². The maximum absolute atomic E-state index is 13.3. The number of hydrogen-bond acceptors (Lipinski definition) is 5. The molecule has 2 aliphatic rings. The molecule has 2 fully saturated rings. The Kier molecular flexibility index (Phi) is 10.2. The number of aryl methyl sites for hydroxylation is 1. The standard InChI is InChI=1S/C24H31N3O.C4H4O4/c1-19-6-4-7-20(16-19)17-24(28)27(23-10-5-13-25-18-23)22-11-14-26(15-12-22)21-8-2-3-9-21;5-3(6)1-2-4(7)8/h4-7,10,13,16,18,21-22H,2-3,8-9,11-12,14-15,17H2,1H3;1-2H,(H,5,6)(H,7,8)/b;2-1+. The van der Waals surface area contributed by atoms with E-state index >= 15 is 0 Å². The van der Waals surface area contributed by atoms with Gasteiger partial charge in [-0.2, -0.15) is 0 Å². The van der Waals surface area contributed by atoms with Crippen molar-refractivity contribution in [1.82, 2.24) is 9.88 Å². The van der Waals surface area contributed by atoms with Gasteiger partial charge in [-0.25, -0.2) is 9.59 Å². The molecule has 1 amide bonds. The molecule has 4 rings (SSSR count). The van der Waals surface area contributed by atoms with Gasteiger partial charge in [0.05, 0.1) is 18.3 Å². The summed E-state index contributed by atoms with van der Waals surface area (Å²) >= 11 is 0. The largest absolute Gasteiger partial charge is 0.478 e. The minimum atomic E-state index is -1.26. The number of pyridine rings is 1. The van der Waals surface area contributed by atoms with Gasteiger partial charge in [0.1, 0.15) is 0 Å². The Balaban J connectivity index is 0.000000392. The van der Waals surface area contributed by atoms with Crippen LogP contribution in [0.2, 0.25) is 0 Å². The molecule has 2 aromatic rings. The zero-order chi connectivity index (χ0) is 25.9. The van der Waals surface area contributed by atoms with Crippen LogP contribution in [0.5, 0.6) is 0 Å². The zero-order valence-electron chi connectivity index (χ0n) is 20.8. The van der Waals surface area contributed by atoms with Gasteiger partial charge in [-0.1, -0.05) is 42.7 Å². The van der Waals surface area contributed by atoms with Crippen molar-refractivity contribution in [1.29, 1.82) is 0 Å². The summed E-state index contributed by atoms with van der Waals surface area (Å²) in [5.41, 5.74) is 3.21. The fourth-order valence-corrected chi connectivity index (χ4v) is 5.06. The van der Waals surface area contributed by atoms with E-state index in [9.17, 15) is 14.4 Å². The summed E-state index contributed by atoms with van der Waals surface area (Å²) < 4.78 is 0. The molecule has 0 spiro atoms. The highest BCUT2D eigenvalue weighted by molar-refractivity contribution is 5.95. The molecule has 0 unspecified atom stereocenters. The summed E-state index contributed by atoms with van der Waals surface area (Å²) in [5, 5.41) is 15.6. The average molecular weight is 494 g/mol. The topological polar surface area (TPSA) is 111 Å². The smallest absolute Gasteiger partial charge is 0.328 e. The van der Waals surface area contributed by atoms with Gasteiger partial charge in [-0.05, 0) is 50.3 Å². The second-order valence-electron chi connectivity index (χ2n) is 9.36. The Hall–Kier alpha value is -3.52. The maximum Gasteiger partial charge on any atom is 0.328 e. The molecule has 1 saturated heterocycles. The van der Waals surface area contributed by atoms with Crippen LogP contribution in [0.15, 0.2) is 60.9 Å². The van der Waals surface area contributed by atoms with Crippen LogP contribution in [-0.2, 0) is 20.8 Å². The lowest BCUT2D eigenvalue weighted by molar-refractivity contribution is -0.134. The number of amides is 1. The van der Waals surface area contributed by atoms with E-state index in [0.717, 1.165) is 43.2 Å². The van der Waals surface area contributed by atoms with Crippen LogP contribution in [0.3, 0.4) is 0 Å². The number of piperidine rings is 1. The van der Waals surface area contributed by atoms with Crippen molar-refractivity contribution < 1.29 is 24.6 Å². The number of aromatic nitrogens is 1. The highest BCUT2D eigenvalue weighted by Gasteiger charge is 2.32. The summed E-state index contributed by atoms with van der Waals surface area (Å²) in [7, 11) is 0. The highest BCUT2D eigenvalue weighted by atomic mass is 16.4. The second kappa shape index (κ2) is 13.5. The number of carboxylic acids is 2. The number of anilines is 1. The monoisotopic (exact) mass is 493 g/mol. The normalized spacial score (nSPS) is 16.9. The number of carbonyl (C=O) groups is 3. The number of hydrogen-bond donors (Lipinski definition) is 2. The van der Waals surface area contributed by atoms with E-state index in [1.165, 1.54) is 31.2 Å². The molecule has 1 aliphatic carbocycles. The van der Waals surface area contributed by atoms with E-state index in [1.807, 2.05) is 29.3 Å². The lowest BCUT2D eigenvalue weighted by Gasteiger charge is -2.40. The number of nitrogens with zero attached hydrogens (tertiary/aromatic N) is 3. The van der Waals surface area contributed by atoms with Crippen molar-refractivity contribution in [3.05, 3.63) is 72.1 Å². The van der Waals surface area contributed by atoms with Crippen LogP contribution in [0.1, 0.15) is 49.7 Å². The van der Waals surface area contributed by atoms with E-state index in [4.69, 9.17) is 10.2 Å². The first-order valence-corrected chi connectivity index (χ1v) is 12.5. The van der Waals surface area contributed by atoms with E-state index in [-0.39, 0.29) is 11.9 Å². The minimum absolute atomic E-state index is 0.179. The maximum atomic E-state index is 13.3. The van der Waals surface area contributed by atoms with Gasteiger partial charge in [0.15, 0.2) is 0 Å². The van der Waals surface area contributed by atoms with Gasteiger partial charge >= 0.3 is 11.9 Å². The summed E-state index contributed by atoms with van der Waals surface area (Å²) in [4.78, 5) is 41.4. The van der Waals surface area contributed by atoms with E-state index in [2.05, 4.69) is 35.0 Å². The third kappa shape index (κ3) is 8.30. The average Bonchev–Trinajstić information content (AvgIpc) is 3.40. The van der Waals surface area contributed by atoms with E-state index < -0.39 is 11.9 Å². The van der Waals surface area contributed by atoms with Crippen LogP contribution in [-0.4, -0.2) is 63.1 Å². The number of likely N-dealkylation sites (tertiary alicyclic amines) is 1. The molecule has 8 nitrogen and oxygen atoms in total. The molecule has 1 aromatic heterocycles. The Morgan fingerprint density at radius 2 is 1.67 bits per heavy atom. The Morgan fingerprint density at radius 1 is 1.00 bits per heavy atom. The highest BCUT2D eigenvalue weighted by Crippen LogP contribution is 2.29. The first-order valence-electron chi connectivity index (χ1n) is 12.5. The minimum Gasteiger partial charge on any atom is -0.478 e. The molecule has 0 bridgehead atoms. The molecule has 0 atom stereocenters. The number of benzene rings is 1. The van der Waals surface area contributed by atoms with Crippen molar-refractivity contribution in [3.63, 3.8) is 0 Å². The Labute approximate surface area is 212 Å². The molecule has 36 heavy (non-hydrogen) atoms. The van der Waals surface area contributed by atoms with Gasteiger partial charge in [0, 0.05) is 43.5 Å². The van der Waals surface area contributed by atoms with Crippen LogP contribution < -0.4 is 4.90 Å². The molecular weight excluding hydrogens is 458 g/mol. The van der Waals surface area contributed by atoms with Crippen LogP contribution in [0.25, 0.3) is 0 Å². The van der Waals surface area contributed by atoms with E-state index in [1.54, 1.807) is 6.20 Å². The molecule has 1 saturated carbocycles. The van der Waals surface area contributed by atoms with Crippen molar-refractivity contribution in [2.45, 2.75) is 64.0 Å². The second-order valence-corrected chi connectivity index (χ2v) is 9.36.